The molecule has 4 nitrogen and oxygen atoms in total. The molecule has 4 heteroatoms. The van der Waals surface area contributed by atoms with Gasteiger partial charge < -0.3 is 9.84 Å². The quantitative estimate of drug-likeness (QED) is 0.917. The fourth-order valence-corrected chi connectivity index (χ4v) is 2.19. The van der Waals surface area contributed by atoms with Crippen molar-refractivity contribution in [1.82, 2.24) is 5.16 Å². The van der Waals surface area contributed by atoms with E-state index in [4.69, 9.17) is 4.52 Å². The number of aryl methyl sites for hydroxylation is 4. The van der Waals surface area contributed by atoms with Crippen LogP contribution < -0.4 is 5.32 Å². The summed E-state index contributed by atoms with van der Waals surface area (Å²) in [5.41, 5.74) is 4.20. The van der Waals surface area contributed by atoms with Gasteiger partial charge in [-0.15, -0.1) is 0 Å². The molecule has 2 aromatic rings. The van der Waals surface area contributed by atoms with Crippen LogP contribution in [0.3, 0.4) is 0 Å². The van der Waals surface area contributed by atoms with Crippen molar-refractivity contribution in [2.24, 2.45) is 0 Å². The fourth-order valence-electron chi connectivity index (χ4n) is 2.19. The molecule has 1 N–H and O–H groups in total. The second kappa shape index (κ2) is 5.26. The Labute approximate surface area is 112 Å². The first kappa shape index (κ1) is 13.3. The van der Waals surface area contributed by atoms with Crippen LogP contribution in [-0.2, 0) is 6.42 Å². The summed E-state index contributed by atoms with van der Waals surface area (Å²) >= 11 is 0. The van der Waals surface area contributed by atoms with Crippen LogP contribution in [0.2, 0.25) is 0 Å². The normalized spacial score (nSPS) is 10.5. The number of anilines is 1. The van der Waals surface area contributed by atoms with Crippen LogP contribution >= 0.6 is 0 Å². The fraction of sp³-hybridized carbons (Fsp3) is 0.333. The van der Waals surface area contributed by atoms with Crippen LogP contribution in [0.4, 0.5) is 5.69 Å². The molecule has 0 aliphatic heterocycles. The van der Waals surface area contributed by atoms with Crippen molar-refractivity contribution >= 4 is 11.6 Å². The SMILES string of the molecule is CCc1cccc(C)c1NC(=O)c1c(C)noc1C. The highest BCUT2D eigenvalue weighted by Crippen LogP contribution is 2.23. The minimum absolute atomic E-state index is 0.166. The lowest BCUT2D eigenvalue weighted by atomic mass is 10.1. The Kier molecular flexibility index (Phi) is 3.69. The van der Waals surface area contributed by atoms with E-state index in [1.54, 1.807) is 13.8 Å². The van der Waals surface area contributed by atoms with Gasteiger partial charge in [-0.05, 0) is 38.3 Å². The Hall–Kier alpha value is -2.10. The van der Waals surface area contributed by atoms with Crippen LogP contribution in [-0.4, -0.2) is 11.1 Å². The standard InChI is InChI=1S/C15H18N2O2/c1-5-12-8-6-7-9(2)14(12)16-15(18)13-10(3)17-19-11(13)4/h6-8H,5H2,1-4H3,(H,16,18). The van der Waals surface area contributed by atoms with Crippen LogP contribution in [0.25, 0.3) is 0 Å². The number of hydrogen-bond acceptors (Lipinski definition) is 3. The maximum absolute atomic E-state index is 12.3. The third-order valence-corrected chi connectivity index (χ3v) is 3.24. The average Bonchev–Trinajstić information content (AvgIpc) is 2.71. The number of para-hydroxylation sites is 1. The van der Waals surface area contributed by atoms with E-state index in [0.717, 1.165) is 23.2 Å². The number of hydrogen-bond donors (Lipinski definition) is 1. The molecule has 0 spiro atoms. The minimum Gasteiger partial charge on any atom is -0.361 e. The van der Waals surface area contributed by atoms with E-state index in [9.17, 15) is 4.79 Å². The van der Waals surface area contributed by atoms with Gasteiger partial charge in [0.1, 0.15) is 11.3 Å². The first-order chi connectivity index (χ1) is 9.04. The van der Waals surface area contributed by atoms with Crippen LogP contribution in [0, 0.1) is 20.8 Å². The number of carbonyl (C=O) groups excluding carboxylic acids is 1. The second-order valence-corrected chi connectivity index (χ2v) is 4.62. The molecule has 0 aliphatic carbocycles. The third kappa shape index (κ3) is 2.52. The first-order valence-electron chi connectivity index (χ1n) is 6.37. The monoisotopic (exact) mass is 258 g/mol. The highest BCUT2D eigenvalue weighted by atomic mass is 16.5. The number of benzene rings is 1. The maximum atomic E-state index is 12.3. The van der Waals surface area contributed by atoms with Crippen molar-refractivity contribution < 1.29 is 9.32 Å². The van der Waals surface area contributed by atoms with Crippen molar-refractivity contribution in [2.75, 3.05) is 5.32 Å². The lowest BCUT2D eigenvalue weighted by molar-refractivity contribution is 0.102. The van der Waals surface area contributed by atoms with Gasteiger partial charge in [-0.3, -0.25) is 4.79 Å². The number of nitrogens with one attached hydrogen (secondary N) is 1. The van der Waals surface area contributed by atoms with E-state index in [0.29, 0.717) is 17.0 Å². The summed E-state index contributed by atoms with van der Waals surface area (Å²) in [5.74, 6) is 0.377. The second-order valence-electron chi connectivity index (χ2n) is 4.62. The lowest BCUT2D eigenvalue weighted by Gasteiger charge is -2.12. The van der Waals surface area contributed by atoms with E-state index in [2.05, 4.69) is 17.4 Å². The molecule has 0 unspecified atom stereocenters. The van der Waals surface area contributed by atoms with E-state index in [1.807, 2.05) is 25.1 Å². The summed E-state index contributed by atoms with van der Waals surface area (Å²) < 4.78 is 5.03. The molecule has 0 saturated heterocycles. The van der Waals surface area contributed by atoms with Crippen molar-refractivity contribution in [3.63, 3.8) is 0 Å². The Balaban J connectivity index is 2.35. The minimum atomic E-state index is -0.166. The molecule has 19 heavy (non-hydrogen) atoms. The Morgan fingerprint density at radius 1 is 1.32 bits per heavy atom. The number of rotatable bonds is 3. The van der Waals surface area contributed by atoms with Gasteiger partial charge in [0, 0.05) is 5.69 Å². The number of carbonyl (C=O) groups is 1. The van der Waals surface area contributed by atoms with Crippen LogP contribution in [0.1, 0.15) is 39.9 Å². The van der Waals surface area contributed by atoms with Crippen molar-refractivity contribution in [1.29, 1.82) is 0 Å². The highest BCUT2D eigenvalue weighted by molar-refractivity contribution is 6.06. The molecular formula is C15H18N2O2. The maximum Gasteiger partial charge on any atom is 0.261 e. The third-order valence-electron chi connectivity index (χ3n) is 3.24. The summed E-state index contributed by atoms with van der Waals surface area (Å²) in [4.78, 5) is 12.3. The molecule has 0 bridgehead atoms. The number of aromatic nitrogens is 1. The van der Waals surface area contributed by atoms with Gasteiger partial charge in [0.25, 0.3) is 5.91 Å². The molecule has 0 saturated carbocycles. The number of amides is 1. The highest BCUT2D eigenvalue weighted by Gasteiger charge is 2.18. The van der Waals surface area contributed by atoms with E-state index in [1.165, 1.54) is 0 Å². The Bertz CT molecular complexity index is 595. The van der Waals surface area contributed by atoms with E-state index >= 15 is 0 Å². The van der Waals surface area contributed by atoms with E-state index in [-0.39, 0.29) is 5.91 Å². The molecule has 1 heterocycles. The van der Waals surface area contributed by atoms with Crippen LogP contribution in [0.15, 0.2) is 22.7 Å². The van der Waals surface area contributed by atoms with Gasteiger partial charge in [-0.25, -0.2) is 0 Å². The van der Waals surface area contributed by atoms with Gasteiger partial charge in [0.2, 0.25) is 0 Å². The van der Waals surface area contributed by atoms with Crippen molar-refractivity contribution in [3.8, 4) is 0 Å². The summed E-state index contributed by atoms with van der Waals surface area (Å²) in [6.45, 7) is 7.57. The molecular weight excluding hydrogens is 240 g/mol. The lowest BCUT2D eigenvalue weighted by Crippen LogP contribution is -2.15. The summed E-state index contributed by atoms with van der Waals surface area (Å²) in [7, 11) is 0. The van der Waals surface area contributed by atoms with Crippen molar-refractivity contribution in [2.45, 2.75) is 34.1 Å². The molecule has 0 aliphatic rings. The predicted molar refractivity (Wildman–Crippen MR) is 74.5 cm³/mol. The zero-order chi connectivity index (χ0) is 14.0. The predicted octanol–water partition coefficient (Wildman–Crippen LogP) is 3.41. The Morgan fingerprint density at radius 2 is 2.05 bits per heavy atom. The topological polar surface area (TPSA) is 55.1 Å². The molecule has 1 amide bonds. The van der Waals surface area contributed by atoms with Gasteiger partial charge in [0.05, 0.1) is 5.69 Å². The first-order valence-corrected chi connectivity index (χ1v) is 6.37. The zero-order valence-electron chi connectivity index (χ0n) is 11.7. The summed E-state index contributed by atoms with van der Waals surface area (Å²) in [6, 6.07) is 6.01. The summed E-state index contributed by atoms with van der Waals surface area (Å²) in [6.07, 6.45) is 0.874. The zero-order valence-corrected chi connectivity index (χ0v) is 11.7. The Morgan fingerprint density at radius 3 is 2.63 bits per heavy atom. The molecule has 1 aromatic heterocycles. The summed E-state index contributed by atoms with van der Waals surface area (Å²) in [5, 5.41) is 6.78. The smallest absolute Gasteiger partial charge is 0.261 e. The van der Waals surface area contributed by atoms with Gasteiger partial charge in [-0.2, -0.15) is 0 Å². The molecule has 100 valence electrons. The number of nitrogens with zero attached hydrogens (tertiary/aromatic N) is 1. The van der Waals surface area contributed by atoms with Crippen LogP contribution in [0.5, 0.6) is 0 Å². The van der Waals surface area contributed by atoms with Gasteiger partial charge in [-0.1, -0.05) is 30.3 Å². The van der Waals surface area contributed by atoms with Gasteiger partial charge >= 0.3 is 0 Å². The molecule has 2 rings (SSSR count). The molecule has 1 aromatic carbocycles. The largest absolute Gasteiger partial charge is 0.361 e. The van der Waals surface area contributed by atoms with Crippen molar-refractivity contribution in [3.05, 3.63) is 46.3 Å². The molecule has 0 radical (unpaired) electrons. The molecule has 0 fully saturated rings. The van der Waals surface area contributed by atoms with E-state index < -0.39 is 0 Å². The molecule has 0 atom stereocenters. The van der Waals surface area contributed by atoms with Gasteiger partial charge in [0.15, 0.2) is 0 Å². The average molecular weight is 258 g/mol.